The summed E-state index contributed by atoms with van der Waals surface area (Å²) in [5.41, 5.74) is 5.32. The zero-order valence-corrected chi connectivity index (χ0v) is 12.4. The molecule has 0 spiro atoms. The van der Waals surface area contributed by atoms with Gasteiger partial charge in [0.2, 0.25) is 11.8 Å². The Morgan fingerprint density at radius 1 is 1.32 bits per heavy atom. The summed E-state index contributed by atoms with van der Waals surface area (Å²) < 4.78 is 0. The molecule has 1 atom stereocenters. The van der Waals surface area contributed by atoms with E-state index in [9.17, 15) is 9.59 Å². The fraction of sp³-hybridized carbons (Fsp3) is 0.857. The summed E-state index contributed by atoms with van der Waals surface area (Å²) in [5, 5.41) is 3.07. The predicted octanol–water partition coefficient (Wildman–Crippen LogP) is 0.879. The number of rotatable bonds is 6. The lowest BCUT2D eigenvalue weighted by atomic mass is 9.81. The molecular formula is C14H27N3O2. The molecule has 0 bridgehead atoms. The topological polar surface area (TPSA) is 75.4 Å². The standard InChI is InChI=1S/C14H27N3O2/c1-4-12(18)17-8-7-11(9-17)16-13(19)14(5-2,6-3)10-15/h11H,4-10,15H2,1-3H3,(H,16,19). The van der Waals surface area contributed by atoms with Crippen LogP contribution in [0.15, 0.2) is 0 Å². The molecule has 0 aliphatic carbocycles. The largest absolute Gasteiger partial charge is 0.351 e. The molecule has 1 rings (SSSR count). The molecule has 0 aromatic rings. The number of hydrogen-bond donors (Lipinski definition) is 2. The highest BCUT2D eigenvalue weighted by molar-refractivity contribution is 5.83. The van der Waals surface area contributed by atoms with Gasteiger partial charge >= 0.3 is 0 Å². The van der Waals surface area contributed by atoms with Crippen LogP contribution in [0.1, 0.15) is 46.5 Å². The summed E-state index contributed by atoms with van der Waals surface area (Å²) in [5.74, 6) is 0.198. The minimum absolute atomic E-state index is 0.0378. The molecule has 1 aliphatic rings. The molecule has 1 aliphatic heterocycles. The van der Waals surface area contributed by atoms with Gasteiger partial charge in [0.25, 0.3) is 0 Å². The van der Waals surface area contributed by atoms with Crippen LogP contribution in [0.4, 0.5) is 0 Å². The van der Waals surface area contributed by atoms with Crippen LogP contribution < -0.4 is 11.1 Å². The molecule has 1 heterocycles. The van der Waals surface area contributed by atoms with Crippen LogP contribution in [0, 0.1) is 5.41 Å². The Labute approximate surface area is 115 Å². The fourth-order valence-electron chi connectivity index (χ4n) is 2.62. The zero-order valence-electron chi connectivity index (χ0n) is 12.4. The van der Waals surface area contributed by atoms with Gasteiger partial charge in [0.1, 0.15) is 0 Å². The molecule has 1 unspecified atom stereocenters. The molecular weight excluding hydrogens is 242 g/mol. The Hall–Kier alpha value is -1.10. The van der Waals surface area contributed by atoms with Gasteiger partial charge in [0, 0.05) is 32.1 Å². The van der Waals surface area contributed by atoms with Crippen molar-refractivity contribution < 1.29 is 9.59 Å². The van der Waals surface area contributed by atoms with Crippen molar-refractivity contribution >= 4 is 11.8 Å². The first kappa shape index (κ1) is 16.0. The highest BCUT2D eigenvalue weighted by Gasteiger charge is 2.36. The molecule has 1 saturated heterocycles. The Balaban J connectivity index is 2.57. The lowest BCUT2D eigenvalue weighted by Gasteiger charge is -2.30. The molecule has 0 radical (unpaired) electrons. The van der Waals surface area contributed by atoms with E-state index in [2.05, 4.69) is 5.32 Å². The summed E-state index contributed by atoms with van der Waals surface area (Å²) in [6.07, 6.45) is 2.86. The van der Waals surface area contributed by atoms with E-state index in [1.165, 1.54) is 0 Å². The molecule has 5 heteroatoms. The molecule has 2 amide bonds. The second-order valence-corrected chi connectivity index (χ2v) is 5.34. The predicted molar refractivity (Wildman–Crippen MR) is 75.5 cm³/mol. The molecule has 0 saturated carbocycles. The smallest absolute Gasteiger partial charge is 0.227 e. The summed E-state index contributed by atoms with van der Waals surface area (Å²) in [6.45, 7) is 7.60. The van der Waals surface area contributed by atoms with Gasteiger partial charge in [-0.15, -0.1) is 0 Å². The Bertz CT molecular complexity index is 318. The molecule has 110 valence electrons. The third kappa shape index (κ3) is 3.47. The van der Waals surface area contributed by atoms with E-state index in [4.69, 9.17) is 5.73 Å². The zero-order chi connectivity index (χ0) is 14.5. The van der Waals surface area contributed by atoms with Crippen LogP contribution in [0.5, 0.6) is 0 Å². The maximum atomic E-state index is 12.4. The van der Waals surface area contributed by atoms with Crippen molar-refractivity contribution in [3.8, 4) is 0 Å². The van der Waals surface area contributed by atoms with Crippen molar-refractivity contribution in [3.05, 3.63) is 0 Å². The van der Waals surface area contributed by atoms with E-state index in [1.54, 1.807) is 0 Å². The van der Waals surface area contributed by atoms with Crippen LogP contribution in [-0.2, 0) is 9.59 Å². The van der Waals surface area contributed by atoms with Gasteiger partial charge < -0.3 is 16.0 Å². The van der Waals surface area contributed by atoms with Gasteiger partial charge in [-0.1, -0.05) is 20.8 Å². The monoisotopic (exact) mass is 269 g/mol. The number of likely N-dealkylation sites (tertiary alicyclic amines) is 1. The first-order chi connectivity index (χ1) is 9.02. The maximum Gasteiger partial charge on any atom is 0.227 e. The Kier molecular flexibility index (Phi) is 5.79. The van der Waals surface area contributed by atoms with Gasteiger partial charge in [0.15, 0.2) is 0 Å². The van der Waals surface area contributed by atoms with Crippen LogP contribution in [0.2, 0.25) is 0 Å². The van der Waals surface area contributed by atoms with Crippen LogP contribution in [-0.4, -0.2) is 42.4 Å². The lowest BCUT2D eigenvalue weighted by molar-refractivity contribution is -0.133. The SMILES string of the molecule is CCC(=O)N1CCC(NC(=O)C(CC)(CC)CN)C1. The highest BCUT2D eigenvalue weighted by Crippen LogP contribution is 2.25. The van der Waals surface area contributed by atoms with E-state index in [0.717, 1.165) is 25.8 Å². The minimum Gasteiger partial charge on any atom is -0.351 e. The second-order valence-electron chi connectivity index (χ2n) is 5.34. The average Bonchev–Trinajstić information content (AvgIpc) is 2.89. The van der Waals surface area contributed by atoms with Crippen LogP contribution >= 0.6 is 0 Å². The van der Waals surface area contributed by atoms with Crippen molar-refractivity contribution in [1.29, 1.82) is 0 Å². The van der Waals surface area contributed by atoms with Crippen molar-refractivity contribution in [1.82, 2.24) is 10.2 Å². The summed E-state index contributed by atoms with van der Waals surface area (Å²) >= 11 is 0. The van der Waals surface area contributed by atoms with Crippen LogP contribution in [0.25, 0.3) is 0 Å². The van der Waals surface area contributed by atoms with Crippen LogP contribution in [0.3, 0.4) is 0 Å². The van der Waals surface area contributed by atoms with E-state index < -0.39 is 5.41 Å². The number of nitrogens with zero attached hydrogens (tertiary/aromatic N) is 1. The molecule has 0 aromatic carbocycles. The highest BCUT2D eigenvalue weighted by atomic mass is 16.2. The summed E-state index contributed by atoms with van der Waals surface area (Å²) in [4.78, 5) is 25.8. The number of hydrogen-bond acceptors (Lipinski definition) is 3. The van der Waals surface area contributed by atoms with Gasteiger partial charge in [0.05, 0.1) is 5.41 Å². The first-order valence-electron chi connectivity index (χ1n) is 7.31. The number of nitrogens with one attached hydrogen (secondary N) is 1. The molecule has 3 N–H and O–H groups in total. The first-order valence-corrected chi connectivity index (χ1v) is 7.31. The van der Waals surface area contributed by atoms with E-state index in [0.29, 0.717) is 19.5 Å². The summed E-state index contributed by atoms with van der Waals surface area (Å²) in [6, 6.07) is 0.0759. The van der Waals surface area contributed by atoms with Gasteiger partial charge in [-0.25, -0.2) is 0 Å². The Morgan fingerprint density at radius 2 is 1.95 bits per heavy atom. The lowest BCUT2D eigenvalue weighted by Crippen LogP contribution is -2.49. The molecule has 5 nitrogen and oxygen atoms in total. The quantitative estimate of drug-likeness (QED) is 0.751. The molecule has 0 aromatic heterocycles. The minimum atomic E-state index is -0.456. The number of carbonyl (C=O) groups excluding carboxylic acids is 2. The number of amides is 2. The third-order valence-corrected chi connectivity index (χ3v) is 4.40. The van der Waals surface area contributed by atoms with Crippen molar-refractivity contribution in [2.75, 3.05) is 19.6 Å². The van der Waals surface area contributed by atoms with Gasteiger partial charge in [-0.2, -0.15) is 0 Å². The van der Waals surface area contributed by atoms with Crippen molar-refractivity contribution in [3.63, 3.8) is 0 Å². The second kappa shape index (κ2) is 6.89. The number of nitrogens with two attached hydrogens (primary N) is 1. The van der Waals surface area contributed by atoms with Crippen molar-refractivity contribution in [2.45, 2.75) is 52.5 Å². The maximum absolute atomic E-state index is 12.4. The van der Waals surface area contributed by atoms with E-state index in [1.807, 2.05) is 25.7 Å². The summed E-state index contributed by atoms with van der Waals surface area (Å²) in [7, 11) is 0. The fourth-order valence-corrected chi connectivity index (χ4v) is 2.62. The van der Waals surface area contributed by atoms with E-state index in [-0.39, 0.29) is 17.9 Å². The van der Waals surface area contributed by atoms with Crippen molar-refractivity contribution in [2.24, 2.45) is 11.1 Å². The Morgan fingerprint density at radius 3 is 2.42 bits per heavy atom. The molecule has 19 heavy (non-hydrogen) atoms. The normalized spacial score (nSPS) is 19.6. The van der Waals surface area contributed by atoms with E-state index >= 15 is 0 Å². The molecule has 1 fully saturated rings. The number of carbonyl (C=O) groups is 2. The van der Waals surface area contributed by atoms with Gasteiger partial charge in [-0.3, -0.25) is 9.59 Å². The average molecular weight is 269 g/mol. The van der Waals surface area contributed by atoms with Gasteiger partial charge in [-0.05, 0) is 19.3 Å². The third-order valence-electron chi connectivity index (χ3n) is 4.40.